The summed E-state index contributed by atoms with van der Waals surface area (Å²) in [6, 6.07) is 6.52. The third-order valence-corrected chi connectivity index (χ3v) is 3.66. The van der Waals surface area contributed by atoms with E-state index in [2.05, 4.69) is 0 Å². The number of rotatable bonds is 0. The van der Waals surface area contributed by atoms with E-state index >= 15 is 0 Å². The summed E-state index contributed by atoms with van der Waals surface area (Å²) in [7, 11) is 0. The van der Waals surface area contributed by atoms with Crippen LogP contribution in [0.5, 0.6) is 0 Å². The van der Waals surface area contributed by atoms with Crippen LogP contribution < -0.4 is 10.6 Å². The molecule has 1 aromatic carbocycles. The zero-order chi connectivity index (χ0) is 11.9. The summed E-state index contributed by atoms with van der Waals surface area (Å²) in [5.74, 6) is -0.274. The van der Waals surface area contributed by atoms with E-state index < -0.39 is 10.8 Å². The maximum Gasteiger partial charge on any atom is 0.326 e. The Morgan fingerprint density at radius 2 is 2.00 bits per heavy atom. The lowest BCUT2D eigenvalue weighted by atomic mass is 10.1. The van der Waals surface area contributed by atoms with Crippen molar-refractivity contribution in [3.8, 4) is 0 Å². The Morgan fingerprint density at radius 1 is 1.38 bits per heavy atom. The quantitative estimate of drug-likeness (QED) is 0.749. The van der Waals surface area contributed by atoms with Crippen LogP contribution in [0.15, 0.2) is 29.2 Å². The second-order valence-corrected chi connectivity index (χ2v) is 5.72. The average molecular weight is 236 g/mol. The first kappa shape index (κ1) is 11.0. The van der Waals surface area contributed by atoms with Gasteiger partial charge in [0.2, 0.25) is 0 Å². The molecule has 0 aromatic heterocycles. The van der Waals surface area contributed by atoms with Gasteiger partial charge in [-0.25, -0.2) is 9.69 Å². The summed E-state index contributed by atoms with van der Waals surface area (Å²) in [5, 5.41) is 0. The predicted molar refractivity (Wildman–Crippen MR) is 63.4 cm³/mol. The lowest BCUT2D eigenvalue weighted by molar-refractivity contribution is -0.119. The van der Waals surface area contributed by atoms with Crippen LogP contribution in [-0.2, 0) is 4.79 Å². The first-order valence-electron chi connectivity index (χ1n) is 4.85. The standard InChI is InChI=1S/C11H12N2O2S/c1-11(2)9(14)13(10(12)15)7-5-3-4-6-8(7)16-11/h3-6H,1-2H3,(H2,12,15). The summed E-state index contributed by atoms with van der Waals surface area (Å²) < 4.78 is -0.663. The maximum atomic E-state index is 12.1. The molecular weight excluding hydrogens is 224 g/mol. The van der Waals surface area contributed by atoms with Crippen molar-refractivity contribution in [3.05, 3.63) is 24.3 Å². The molecule has 1 aromatic rings. The van der Waals surface area contributed by atoms with Gasteiger partial charge in [0.1, 0.15) is 0 Å². The monoisotopic (exact) mass is 236 g/mol. The molecule has 0 atom stereocenters. The largest absolute Gasteiger partial charge is 0.351 e. The van der Waals surface area contributed by atoms with Gasteiger partial charge in [-0.15, -0.1) is 11.8 Å². The molecule has 4 nitrogen and oxygen atoms in total. The number of thioether (sulfide) groups is 1. The van der Waals surface area contributed by atoms with E-state index in [1.165, 1.54) is 11.8 Å². The third kappa shape index (κ3) is 1.57. The van der Waals surface area contributed by atoms with Crippen molar-refractivity contribution < 1.29 is 9.59 Å². The number of fused-ring (bicyclic) bond motifs is 1. The van der Waals surface area contributed by atoms with Gasteiger partial charge < -0.3 is 5.73 Å². The van der Waals surface area contributed by atoms with E-state index in [1.54, 1.807) is 26.0 Å². The molecule has 2 N–H and O–H groups in total. The summed E-state index contributed by atoms with van der Waals surface area (Å²) in [6.07, 6.45) is 0. The number of para-hydroxylation sites is 1. The van der Waals surface area contributed by atoms with Crippen LogP contribution in [0.2, 0.25) is 0 Å². The van der Waals surface area contributed by atoms with Gasteiger partial charge in [0, 0.05) is 4.90 Å². The van der Waals surface area contributed by atoms with Crippen molar-refractivity contribution in [1.29, 1.82) is 0 Å². The molecule has 1 aliphatic heterocycles. The van der Waals surface area contributed by atoms with E-state index in [9.17, 15) is 9.59 Å². The third-order valence-electron chi connectivity index (χ3n) is 2.41. The van der Waals surface area contributed by atoms with Gasteiger partial charge in [0.25, 0.3) is 5.91 Å². The fourth-order valence-corrected chi connectivity index (χ4v) is 2.78. The molecule has 2 rings (SSSR count). The van der Waals surface area contributed by atoms with Gasteiger partial charge in [-0.1, -0.05) is 12.1 Å². The minimum atomic E-state index is -0.731. The molecule has 0 saturated carbocycles. The molecule has 0 fully saturated rings. The highest BCUT2D eigenvalue weighted by Gasteiger charge is 2.41. The minimum Gasteiger partial charge on any atom is -0.351 e. The van der Waals surface area contributed by atoms with Crippen molar-refractivity contribution in [3.63, 3.8) is 0 Å². The van der Waals surface area contributed by atoms with Crippen molar-refractivity contribution in [2.45, 2.75) is 23.5 Å². The predicted octanol–water partition coefficient (Wildman–Crippen LogP) is 1.98. The molecule has 0 saturated heterocycles. The molecule has 0 radical (unpaired) electrons. The van der Waals surface area contributed by atoms with Crippen molar-refractivity contribution in [2.75, 3.05) is 4.90 Å². The minimum absolute atomic E-state index is 0.274. The summed E-state index contributed by atoms with van der Waals surface area (Å²) in [5.41, 5.74) is 5.82. The van der Waals surface area contributed by atoms with Crippen LogP contribution in [0.3, 0.4) is 0 Å². The Labute approximate surface area is 97.8 Å². The molecule has 0 bridgehead atoms. The average Bonchev–Trinajstić information content (AvgIpc) is 2.18. The first-order valence-corrected chi connectivity index (χ1v) is 5.67. The Balaban J connectivity index is 2.60. The van der Waals surface area contributed by atoms with Gasteiger partial charge in [0.15, 0.2) is 0 Å². The number of nitrogens with zero attached hydrogens (tertiary/aromatic N) is 1. The number of hydrogen-bond acceptors (Lipinski definition) is 3. The zero-order valence-corrected chi connectivity index (χ0v) is 9.88. The molecule has 1 heterocycles. The van der Waals surface area contributed by atoms with Crippen molar-refractivity contribution in [2.24, 2.45) is 5.73 Å². The molecule has 1 aliphatic rings. The smallest absolute Gasteiger partial charge is 0.326 e. The van der Waals surface area contributed by atoms with Crippen LogP contribution in [0.4, 0.5) is 10.5 Å². The normalized spacial score (nSPS) is 18.1. The number of carbonyl (C=O) groups is 2. The first-order chi connectivity index (χ1) is 7.43. The number of imide groups is 1. The van der Waals surface area contributed by atoms with Crippen molar-refractivity contribution >= 4 is 29.4 Å². The van der Waals surface area contributed by atoms with Gasteiger partial charge >= 0.3 is 6.03 Å². The number of urea groups is 1. The number of primary amides is 1. The number of nitrogens with two attached hydrogens (primary N) is 1. The van der Waals surface area contributed by atoms with Gasteiger partial charge in [-0.05, 0) is 26.0 Å². The van der Waals surface area contributed by atoms with Crippen LogP contribution in [0.25, 0.3) is 0 Å². The van der Waals surface area contributed by atoms with Crippen LogP contribution in [0, 0.1) is 0 Å². The Kier molecular flexibility index (Phi) is 2.42. The summed E-state index contributed by atoms with van der Waals surface area (Å²) in [4.78, 5) is 25.3. The van der Waals surface area contributed by atoms with Crippen LogP contribution in [-0.4, -0.2) is 16.7 Å². The molecule has 16 heavy (non-hydrogen) atoms. The highest BCUT2D eigenvalue weighted by Crippen LogP contribution is 2.44. The van der Waals surface area contributed by atoms with E-state index in [0.717, 1.165) is 9.80 Å². The Hall–Kier alpha value is -1.49. The van der Waals surface area contributed by atoms with Crippen LogP contribution >= 0.6 is 11.8 Å². The molecule has 84 valence electrons. The fourth-order valence-electron chi connectivity index (χ4n) is 1.64. The number of carbonyl (C=O) groups excluding carboxylic acids is 2. The molecule has 0 unspecified atom stereocenters. The van der Waals surface area contributed by atoms with E-state index in [0.29, 0.717) is 5.69 Å². The van der Waals surface area contributed by atoms with Crippen molar-refractivity contribution in [1.82, 2.24) is 0 Å². The van der Waals surface area contributed by atoms with E-state index in [4.69, 9.17) is 5.73 Å². The lowest BCUT2D eigenvalue weighted by Gasteiger charge is -2.35. The van der Waals surface area contributed by atoms with Gasteiger partial charge in [-0.3, -0.25) is 4.79 Å². The zero-order valence-electron chi connectivity index (χ0n) is 9.06. The summed E-state index contributed by atoms with van der Waals surface area (Å²) >= 11 is 1.44. The van der Waals surface area contributed by atoms with Gasteiger partial charge in [0.05, 0.1) is 10.4 Å². The number of benzene rings is 1. The molecular formula is C11H12N2O2S. The number of anilines is 1. The molecule has 3 amide bonds. The maximum absolute atomic E-state index is 12.1. The SMILES string of the molecule is CC1(C)Sc2ccccc2N(C(N)=O)C1=O. The topological polar surface area (TPSA) is 63.4 Å². The molecule has 5 heteroatoms. The molecule has 0 spiro atoms. The van der Waals surface area contributed by atoms with Crippen LogP contribution in [0.1, 0.15) is 13.8 Å². The number of amides is 3. The summed E-state index contributed by atoms with van der Waals surface area (Å²) in [6.45, 7) is 3.57. The molecule has 0 aliphatic carbocycles. The Bertz CT molecular complexity index is 471. The highest BCUT2D eigenvalue weighted by molar-refractivity contribution is 8.01. The number of hydrogen-bond donors (Lipinski definition) is 1. The van der Waals surface area contributed by atoms with E-state index in [1.807, 2.05) is 12.1 Å². The van der Waals surface area contributed by atoms with Gasteiger partial charge in [-0.2, -0.15) is 0 Å². The fraction of sp³-hybridized carbons (Fsp3) is 0.273. The highest BCUT2D eigenvalue weighted by atomic mass is 32.2. The second-order valence-electron chi connectivity index (χ2n) is 4.06. The van der Waals surface area contributed by atoms with E-state index in [-0.39, 0.29) is 5.91 Å². The second kappa shape index (κ2) is 3.52. The lowest BCUT2D eigenvalue weighted by Crippen LogP contribution is -2.51. The Morgan fingerprint density at radius 3 is 2.62 bits per heavy atom.